The van der Waals surface area contributed by atoms with Gasteiger partial charge in [0, 0.05) is 24.7 Å². The first-order valence-electron chi connectivity index (χ1n) is 6.15. The highest BCUT2D eigenvalue weighted by Gasteiger charge is 2.02. The second-order valence-electron chi connectivity index (χ2n) is 4.11. The molecule has 1 N–H and O–H groups in total. The molecule has 0 aliphatic heterocycles. The second kappa shape index (κ2) is 12.2. The molecule has 0 spiro atoms. The molecule has 0 aromatic carbocycles. The summed E-state index contributed by atoms with van der Waals surface area (Å²) >= 11 is 0. The zero-order valence-electron chi connectivity index (χ0n) is 10.9. The van der Waals surface area contributed by atoms with Crippen LogP contribution in [0, 0.1) is 0 Å². The SMILES string of the molecule is CN(CCCCOCCCCN=[N+]=[N-])CC(=O)O. The molecule has 0 unspecified atom stereocenters. The van der Waals surface area contributed by atoms with Crippen LogP contribution in [0.25, 0.3) is 10.4 Å². The fourth-order valence-corrected chi connectivity index (χ4v) is 1.43. The van der Waals surface area contributed by atoms with Crippen LogP contribution in [0.4, 0.5) is 0 Å². The molecule has 7 heteroatoms. The molecular weight excluding hydrogens is 236 g/mol. The minimum atomic E-state index is -0.797. The van der Waals surface area contributed by atoms with Gasteiger partial charge in [-0.15, -0.1) is 0 Å². The molecule has 0 amide bonds. The fraction of sp³-hybridized carbons (Fsp3) is 0.909. The largest absolute Gasteiger partial charge is 0.480 e. The topological polar surface area (TPSA) is 98.5 Å². The first-order valence-corrected chi connectivity index (χ1v) is 6.15. The van der Waals surface area contributed by atoms with Crippen molar-refractivity contribution < 1.29 is 14.6 Å². The average Bonchev–Trinajstić information content (AvgIpc) is 2.30. The Hall–Kier alpha value is -1.30. The molecule has 0 heterocycles. The Morgan fingerprint density at radius 1 is 1.33 bits per heavy atom. The molecule has 0 radical (unpaired) electrons. The van der Waals surface area contributed by atoms with E-state index in [9.17, 15) is 4.79 Å². The van der Waals surface area contributed by atoms with E-state index in [-0.39, 0.29) is 6.54 Å². The maximum absolute atomic E-state index is 10.4. The highest BCUT2D eigenvalue weighted by atomic mass is 16.5. The lowest BCUT2D eigenvalue weighted by Crippen LogP contribution is -2.26. The van der Waals surface area contributed by atoms with Crippen molar-refractivity contribution in [3.05, 3.63) is 10.4 Å². The molecule has 104 valence electrons. The minimum absolute atomic E-state index is 0.0836. The zero-order chi connectivity index (χ0) is 13.6. The summed E-state index contributed by atoms with van der Waals surface area (Å²) < 4.78 is 5.41. The van der Waals surface area contributed by atoms with Gasteiger partial charge >= 0.3 is 5.97 Å². The van der Waals surface area contributed by atoms with Crippen LogP contribution >= 0.6 is 0 Å². The van der Waals surface area contributed by atoms with Crippen molar-refractivity contribution >= 4 is 5.97 Å². The number of hydrogen-bond donors (Lipinski definition) is 1. The van der Waals surface area contributed by atoms with Crippen LogP contribution in [0.2, 0.25) is 0 Å². The quantitative estimate of drug-likeness (QED) is 0.250. The molecule has 0 aliphatic carbocycles. The molecule has 0 bridgehead atoms. The Labute approximate surface area is 107 Å². The van der Waals surface area contributed by atoms with E-state index >= 15 is 0 Å². The third-order valence-corrected chi connectivity index (χ3v) is 2.34. The number of ether oxygens (including phenoxy) is 1. The predicted molar refractivity (Wildman–Crippen MR) is 68.4 cm³/mol. The number of carboxylic acids is 1. The summed E-state index contributed by atoms with van der Waals surface area (Å²) in [5, 5.41) is 12.0. The van der Waals surface area contributed by atoms with E-state index in [4.69, 9.17) is 15.4 Å². The molecule has 0 fully saturated rings. The number of likely N-dealkylation sites (N-methyl/N-ethyl adjacent to an activating group) is 1. The first-order chi connectivity index (χ1) is 8.66. The van der Waals surface area contributed by atoms with Crippen LogP contribution in [0.1, 0.15) is 25.7 Å². The summed E-state index contributed by atoms with van der Waals surface area (Å²) in [5.41, 5.74) is 8.05. The molecule has 0 saturated heterocycles. The Kier molecular flexibility index (Phi) is 11.3. The highest BCUT2D eigenvalue weighted by molar-refractivity contribution is 5.68. The smallest absolute Gasteiger partial charge is 0.317 e. The number of rotatable bonds is 12. The Balaban J connectivity index is 3.16. The Bertz CT molecular complexity index is 267. The van der Waals surface area contributed by atoms with Crippen LogP contribution in [0.3, 0.4) is 0 Å². The van der Waals surface area contributed by atoms with E-state index in [1.165, 1.54) is 0 Å². The van der Waals surface area contributed by atoms with Gasteiger partial charge in [-0.2, -0.15) is 0 Å². The number of carboxylic acid groups (broad SMARTS) is 1. The zero-order valence-corrected chi connectivity index (χ0v) is 10.9. The summed E-state index contributed by atoms with van der Waals surface area (Å²) in [5.74, 6) is -0.797. The summed E-state index contributed by atoms with van der Waals surface area (Å²) in [7, 11) is 1.80. The van der Waals surface area contributed by atoms with E-state index in [1.54, 1.807) is 11.9 Å². The fourth-order valence-electron chi connectivity index (χ4n) is 1.43. The van der Waals surface area contributed by atoms with Crippen molar-refractivity contribution in [1.82, 2.24) is 4.90 Å². The van der Waals surface area contributed by atoms with Crippen molar-refractivity contribution in [2.24, 2.45) is 5.11 Å². The summed E-state index contributed by atoms with van der Waals surface area (Å²) in [4.78, 5) is 14.8. The van der Waals surface area contributed by atoms with Gasteiger partial charge in [-0.1, -0.05) is 5.11 Å². The van der Waals surface area contributed by atoms with Crippen molar-refractivity contribution in [3.8, 4) is 0 Å². The summed E-state index contributed by atoms with van der Waals surface area (Å²) in [6, 6.07) is 0. The number of unbranched alkanes of at least 4 members (excludes halogenated alkanes) is 2. The molecule has 0 aliphatic rings. The highest BCUT2D eigenvalue weighted by Crippen LogP contribution is 1.96. The van der Waals surface area contributed by atoms with Gasteiger partial charge in [0.2, 0.25) is 0 Å². The number of azide groups is 1. The predicted octanol–water partition coefficient (Wildman–Crippen LogP) is 1.89. The maximum Gasteiger partial charge on any atom is 0.317 e. The van der Waals surface area contributed by atoms with Crippen molar-refractivity contribution in [2.75, 3.05) is 39.9 Å². The molecule has 0 saturated carbocycles. The maximum atomic E-state index is 10.4. The molecule has 7 nitrogen and oxygen atoms in total. The van der Waals surface area contributed by atoms with Gasteiger partial charge in [-0.3, -0.25) is 9.69 Å². The van der Waals surface area contributed by atoms with Gasteiger partial charge in [-0.05, 0) is 44.8 Å². The minimum Gasteiger partial charge on any atom is -0.480 e. The number of hydrogen-bond acceptors (Lipinski definition) is 4. The molecule has 0 aromatic heterocycles. The molecule has 0 aromatic rings. The number of carbonyl (C=O) groups is 1. The van der Waals surface area contributed by atoms with E-state index in [0.717, 1.165) is 32.2 Å². The van der Waals surface area contributed by atoms with Crippen molar-refractivity contribution in [1.29, 1.82) is 0 Å². The van der Waals surface area contributed by atoms with Crippen LogP contribution in [-0.2, 0) is 9.53 Å². The molecule has 18 heavy (non-hydrogen) atoms. The third kappa shape index (κ3) is 12.8. The lowest BCUT2D eigenvalue weighted by Gasteiger charge is -2.13. The second-order valence-corrected chi connectivity index (χ2v) is 4.11. The van der Waals surface area contributed by atoms with Gasteiger partial charge in [0.05, 0.1) is 6.54 Å². The summed E-state index contributed by atoms with van der Waals surface area (Å²) in [6.07, 6.45) is 3.62. The normalized spacial score (nSPS) is 10.3. The van der Waals surface area contributed by atoms with Gasteiger partial charge in [-0.25, -0.2) is 0 Å². The standard InChI is InChI=1S/C11H22N4O3/c1-15(10-11(16)17)7-3-5-9-18-8-4-2-6-13-14-12/h2-10H2,1H3,(H,16,17). The monoisotopic (exact) mass is 258 g/mol. The van der Waals surface area contributed by atoms with Gasteiger partial charge in [0.25, 0.3) is 0 Å². The van der Waals surface area contributed by atoms with E-state index in [2.05, 4.69) is 10.0 Å². The lowest BCUT2D eigenvalue weighted by molar-refractivity contribution is -0.137. The Morgan fingerprint density at radius 3 is 2.61 bits per heavy atom. The number of aliphatic carboxylic acids is 1. The van der Waals surface area contributed by atoms with E-state index in [1.807, 2.05) is 0 Å². The number of nitrogens with zero attached hydrogens (tertiary/aromatic N) is 4. The van der Waals surface area contributed by atoms with Crippen LogP contribution < -0.4 is 0 Å². The lowest BCUT2D eigenvalue weighted by atomic mass is 10.3. The molecular formula is C11H22N4O3. The molecule has 0 atom stereocenters. The van der Waals surface area contributed by atoms with Crippen LogP contribution in [-0.4, -0.2) is 55.9 Å². The Morgan fingerprint density at radius 2 is 2.00 bits per heavy atom. The first kappa shape index (κ1) is 16.7. The van der Waals surface area contributed by atoms with Crippen molar-refractivity contribution in [3.63, 3.8) is 0 Å². The van der Waals surface area contributed by atoms with Crippen molar-refractivity contribution in [2.45, 2.75) is 25.7 Å². The van der Waals surface area contributed by atoms with Crippen LogP contribution in [0.15, 0.2) is 5.11 Å². The van der Waals surface area contributed by atoms with E-state index in [0.29, 0.717) is 19.8 Å². The summed E-state index contributed by atoms with van der Waals surface area (Å²) in [6.45, 7) is 2.76. The third-order valence-electron chi connectivity index (χ3n) is 2.34. The van der Waals surface area contributed by atoms with E-state index < -0.39 is 5.97 Å². The average molecular weight is 258 g/mol. The van der Waals surface area contributed by atoms with Gasteiger partial charge < -0.3 is 9.84 Å². The van der Waals surface area contributed by atoms with Crippen LogP contribution in [0.5, 0.6) is 0 Å². The molecule has 0 rings (SSSR count). The van der Waals surface area contributed by atoms with Gasteiger partial charge in [0.1, 0.15) is 0 Å². The van der Waals surface area contributed by atoms with Gasteiger partial charge in [0.15, 0.2) is 0 Å².